The minimum Gasteiger partial charge on any atom is -0.311 e. The fourth-order valence-corrected chi connectivity index (χ4v) is 2.33. The number of benzene rings is 1. The van der Waals surface area contributed by atoms with Gasteiger partial charge in [-0.15, -0.1) is 0 Å². The van der Waals surface area contributed by atoms with Gasteiger partial charge in [-0.3, -0.25) is 0 Å². The fourth-order valence-electron chi connectivity index (χ4n) is 2.33. The summed E-state index contributed by atoms with van der Waals surface area (Å²) in [5.41, 5.74) is 1.50. The third-order valence-electron chi connectivity index (χ3n) is 3.24. The van der Waals surface area contributed by atoms with Crippen LogP contribution in [0.1, 0.15) is 44.6 Å². The first-order valence-electron chi connectivity index (χ1n) is 6.12. The molecule has 0 amide bonds. The third kappa shape index (κ3) is 2.82. The van der Waals surface area contributed by atoms with E-state index in [-0.39, 0.29) is 0 Å². The van der Waals surface area contributed by atoms with Crippen molar-refractivity contribution in [2.75, 3.05) is 0 Å². The van der Waals surface area contributed by atoms with E-state index in [9.17, 15) is 0 Å². The van der Waals surface area contributed by atoms with Crippen LogP contribution in [0.4, 0.5) is 0 Å². The molecule has 0 aromatic heterocycles. The Bertz CT molecular complexity index is 293. The standard InChI is InChI=1S/C14H21N/c1-3-7-11(2)15-14-10-13(14)12-8-5-4-6-9-12/h4-6,8-9,11,13-15H,3,7,10H2,1-2H3. The summed E-state index contributed by atoms with van der Waals surface area (Å²) in [7, 11) is 0. The largest absolute Gasteiger partial charge is 0.311 e. The predicted molar refractivity (Wildman–Crippen MR) is 65.1 cm³/mol. The van der Waals surface area contributed by atoms with Crippen molar-refractivity contribution in [1.29, 1.82) is 0 Å². The van der Waals surface area contributed by atoms with Crippen LogP contribution in [0.15, 0.2) is 30.3 Å². The molecule has 82 valence electrons. The summed E-state index contributed by atoms with van der Waals surface area (Å²) in [4.78, 5) is 0. The van der Waals surface area contributed by atoms with Gasteiger partial charge in [-0.2, -0.15) is 0 Å². The zero-order valence-electron chi connectivity index (χ0n) is 9.74. The Morgan fingerprint density at radius 2 is 2.07 bits per heavy atom. The Balaban J connectivity index is 1.81. The molecule has 1 nitrogen and oxygen atoms in total. The Morgan fingerprint density at radius 3 is 2.73 bits per heavy atom. The fraction of sp³-hybridized carbons (Fsp3) is 0.571. The van der Waals surface area contributed by atoms with Gasteiger partial charge in [-0.05, 0) is 25.3 Å². The Hall–Kier alpha value is -0.820. The van der Waals surface area contributed by atoms with E-state index in [1.807, 2.05) is 0 Å². The summed E-state index contributed by atoms with van der Waals surface area (Å²) in [5, 5.41) is 3.70. The van der Waals surface area contributed by atoms with Crippen molar-refractivity contribution in [3.05, 3.63) is 35.9 Å². The van der Waals surface area contributed by atoms with Crippen molar-refractivity contribution in [2.24, 2.45) is 0 Å². The average Bonchev–Trinajstić information content (AvgIpc) is 2.99. The molecule has 1 aromatic rings. The van der Waals surface area contributed by atoms with Crippen molar-refractivity contribution in [2.45, 2.75) is 51.1 Å². The van der Waals surface area contributed by atoms with Gasteiger partial charge in [0.2, 0.25) is 0 Å². The molecule has 1 heteroatoms. The number of nitrogens with one attached hydrogen (secondary N) is 1. The normalized spacial score (nSPS) is 26.3. The minimum atomic E-state index is 0.675. The zero-order chi connectivity index (χ0) is 10.7. The van der Waals surface area contributed by atoms with Crippen molar-refractivity contribution >= 4 is 0 Å². The molecular formula is C14H21N. The molecule has 0 aliphatic heterocycles. The van der Waals surface area contributed by atoms with Crippen LogP contribution in [0.25, 0.3) is 0 Å². The second kappa shape index (κ2) is 4.80. The van der Waals surface area contributed by atoms with Crippen LogP contribution in [-0.4, -0.2) is 12.1 Å². The monoisotopic (exact) mass is 203 g/mol. The minimum absolute atomic E-state index is 0.675. The van der Waals surface area contributed by atoms with E-state index in [2.05, 4.69) is 49.5 Å². The van der Waals surface area contributed by atoms with Crippen LogP contribution in [0.2, 0.25) is 0 Å². The number of rotatable bonds is 5. The van der Waals surface area contributed by atoms with Crippen LogP contribution < -0.4 is 5.32 Å². The van der Waals surface area contributed by atoms with Gasteiger partial charge in [0.1, 0.15) is 0 Å². The molecular weight excluding hydrogens is 182 g/mol. The lowest BCUT2D eigenvalue weighted by Crippen LogP contribution is -2.28. The van der Waals surface area contributed by atoms with E-state index < -0.39 is 0 Å². The molecule has 1 fully saturated rings. The SMILES string of the molecule is CCCC(C)NC1CC1c1ccccc1. The van der Waals surface area contributed by atoms with Crippen LogP contribution in [0.5, 0.6) is 0 Å². The third-order valence-corrected chi connectivity index (χ3v) is 3.24. The van der Waals surface area contributed by atoms with Crippen molar-refractivity contribution in [3.8, 4) is 0 Å². The van der Waals surface area contributed by atoms with Gasteiger partial charge in [0.25, 0.3) is 0 Å². The molecule has 0 radical (unpaired) electrons. The van der Waals surface area contributed by atoms with Crippen LogP contribution in [0.3, 0.4) is 0 Å². The highest BCUT2D eigenvalue weighted by atomic mass is 15.0. The molecule has 2 rings (SSSR count). The molecule has 1 aliphatic carbocycles. The summed E-state index contributed by atoms with van der Waals surface area (Å²) >= 11 is 0. The highest BCUT2D eigenvalue weighted by Crippen LogP contribution is 2.40. The Labute approximate surface area is 92.9 Å². The summed E-state index contributed by atoms with van der Waals surface area (Å²) in [5.74, 6) is 0.769. The molecule has 3 atom stereocenters. The summed E-state index contributed by atoms with van der Waals surface area (Å²) in [6, 6.07) is 12.3. The van der Waals surface area contributed by atoms with Crippen LogP contribution >= 0.6 is 0 Å². The first-order chi connectivity index (χ1) is 7.31. The summed E-state index contributed by atoms with van der Waals surface area (Å²) in [6.07, 6.45) is 3.88. The molecule has 1 aromatic carbocycles. The first-order valence-corrected chi connectivity index (χ1v) is 6.12. The lowest BCUT2D eigenvalue weighted by atomic mass is 10.1. The lowest BCUT2D eigenvalue weighted by molar-refractivity contribution is 0.501. The zero-order valence-corrected chi connectivity index (χ0v) is 9.74. The van der Waals surface area contributed by atoms with Gasteiger partial charge >= 0.3 is 0 Å². The van der Waals surface area contributed by atoms with E-state index in [1.165, 1.54) is 24.8 Å². The van der Waals surface area contributed by atoms with E-state index in [1.54, 1.807) is 0 Å². The summed E-state index contributed by atoms with van der Waals surface area (Å²) < 4.78 is 0. The molecule has 1 N–H and O–H groups in total. The van der Waals surface area contributed by atoms with Gasteiger partial charge in [0, 0.05) is 18.0 Å². The quantitative estimate of drug-likeness (QED) is 0.774. The second-order valence-corrected chi connectivity index (χ2v) is 4.72. The topological polar surface area (TPSA) is 12.0 Å². The molecule has 1 aliphatic rings. The Kier molecular flexibility index (Phi) is 3.42. The predicted octanol–water partition coefficient (Wildman–Crippen LogP) is 3.32. The van der Waals surface area contributed by atoms with Crippen molar-refractivity contribution < 1.29 is 0 Å². The van der Waals surface area contributed by atoms with Crippen molar-refractivity contribution in [3.63, 3.8) is 0 Å². The number of hydrogen-bond acceptors (Lipinski definition) is 1. The molecule has 3 unspecified atom stereocenters. The average molecular weight is 203 g/mol. The smallest absolute Gasteiger partial charge is 0.0145 e. The van der Waals surface area contributed by atoms with Crippen molar-refractivity contribution in [1.82, 2.24) is 5.32 Å². The van der Waals surface area contributed by atoms with E-state index in [0.29, 0.717) is 6.04 Å². The maximum atomic E-state index is 3.70. The highest BCUT2D eigenvalue weighted by Gasteiger charge is 2.38. The highest BCUT2D eigenvalue weighted by molar-refractivity contribution is 5.27. The molecule has 0 bridgehead atoms. The van der Waals surface area contributed by atoms with Crippen LogP contribution in [0, 0.1) is 0 Å². The second-order valence-electron chi connectivity index (χ2n) is 4.72. The molecule has 1 saturated carbocycles. The van der Waals surface area contributed by atoms with Crippen LogP contribution in [-0.2, 0) is 0 Å². The van der Waals surface area contributed by atoms with Gasteiger partial charge in [-0.25, -0.2) is 0 Å². The molecule has 0 heterocycles. The van der Waals surface area contributed by atoms with Gasteiger partial charge in [0.05, 0.1) is 0 Å². The molecule has 0 saturated heterocycles. The van der Waals surface area contributed by atoms with E-state index >= 15 is 0 Å². The van der Waals surface area contributed by atoms with E-state index in [0.717, 1.165) is 12.0 Å². The van der Waals surface area contributed by atoms with Gasteiger partial charge < -0.3 is 5.32 Å². The number of hydrogen-bond donors (Lipinski definition) is 1. The molecule has 0 spiro atoms. The van der Waals surface area contributed by atoms with E-state index in [4.69, 9.17) is 0 Å². The molecule has 15 heavy (non-hydrogen) atoms. The maximum Gasteiger partial charge on any atom is 0.0145 e. The van der Waals surface area contributed by atoms with Gasteiger partial charge in [-0.1, -0.05) is 43.7 Å². The lowest BCUT2D eigenvalue weighted by Gasteiger charge is -2.12. The van der Waals surface area contributed by atoms with Gasteiger partial charge in [0.15, 0.2) is 0 Å². The Morgan fingerprint density at radius 1 is 1.33 bits per heavy atom. The maximum absolute atomic E-state index is 3.70. The summed E-state index contributed by atoms with van der Waals surface area (Å²) in [6.45, 7) is 4.55. The first kappa shape index (κ1) is 10.7.